The van der Waals surface area contributed by atoms with Gasteiger partial charge in [-0.05, 0) is 42.5 Å². The topological polar surface area (TPSA) is 45.1 Å². The summed E-state index contributed by atoms with van der Waals surface area (Å²) in [6.45, 7) is 3.03. The van der Waals surface area contributed by atoms with Gasteiger partial charge in [0.1, 0.15) is 5.82 Å². The summed E-state index contributed by atoms with van der Waals surface area (Å²) in [5, 5.41) is 0.497. The summed E-state index contributed by atoms with van der Waals surface area (Å²) in [7, 11) is 0. The Balaban J connectivity index is 1.44. The zero-order valence-electron chi connectivity index (χ0n) is 14.7. The van der Waals surface area contributed by atoms with Gasteiger partial charge in [0.05, 0.1) is 38.3 Å². The second kappa shape index (κ2) is 7.29. The van der Waals surface area contributed by atoms with E-state index < -0.39 is 0 Å². The molecule has 2 amide bonds. The van der Waals surface area contributed by atoms with Crippen LogP contribution in [0, 0.1) is 5.82 Å². The maximum atomic E-state index is 13.1. The van der Waals surface area contributed by atoms with E-state index in [-0.39, 0.29) is 30.1 Å². The third-order valence-corrected chi connectivity index (χ3v) is 5.54. The minimum atomic E-state index is -0.355. The van der Waals surface area contributed by atoms with Crippen molar-refractivity contribution in [3.05, 3.63) is 59.4 Å². The smallest absolute Gasteiger partial charge is 0.292 e. The van der Waals surface area contributed by atoms with E-state index in [0.717, 1.165) is 36.8 Å². The molecule has 5 nitrogen and oxygen atoms in total. The van der Waals surface area contributed by atoms with Crippen molar-refractivity contribution in [1.29, 1.82) is 0 Å². The summed E-state index contributed by atoms with van der Waals surface area (Å²) < 4.78 is 13.1. The maximum absolute atomic E-state index is 13.1. The Morgan fingerprint density at radius 1 is 1.00 bits per heavy atom. The number of hydrogen-bond acceptors (Lipinski definition) is 3. The second-order valence-electron chi connectivity index (χ2n) is 6.93. The van der Waals surface area contributed by atoms with Gasteiger partial charge in [-0.15, -0.1) is 0 Å². The average molecular weight is 389 g/mol. The van der Waals surface area contributed by atoms with Crippen LogP contribution < -0.4 is 14.7 Å². The van der Waals surface area contributed by atoms with E-state index >= 15 is 0 Å². The number of rotatable bonds is 3. The van der Waals surface area contributed by atoms with E-state index in [1.807, 2.05) is 0 Å². The molecule has 4 rings (SSSR count). The maximum Gasteiger partial charge on any atom is 0.292 e. The molecule has 7 heteroatoms. The molecule has 1 N–H and O–H groups in total. The fourth-order valence-electron chi connectivity index (χ4n) is 3.89. The van der Waals surface area contributed by atoms with Crippen LogP contribution in [0.25, 0.3) is 0 Å². The molecule has 1 atom stereocenters. The van der Waals surface area contributed by atoms with Gasteiger partial charge in [-0.25, -0.2) is 9.29 Å². The van der Waals surface area contributed by atoms with E-state index in [2.05, 4.69) is 4.90 Å². The first-order chi connectivity index (χ1) is 13.0. The predicted molar refractivity (Wildman–Crippen MR) is 102 cm³/mol. The van der Waals surface area contributed by atoms with Gasteiger partial charge in [-0.2, -0.15) is 0 Å². The lowest BCUT2D eigenvalue weighted by Gasteiger charge is -2.35. The molecule has 0 bridgehead atoms. The molecule has 2 aromatic carbocycles. The number of imide groups is 1. The third kappa shape index (κ3) is 3.55. The van der Waals surface area contributed by atoms with Crippen molar-refractivity contribution in [1.82, 2.24) is 0 Å². The number of carbonyl (C=O) groups is 2. The molecule has 0 spiro atoms. The summed E-state index contributed by atoms with van der Waals surface area (Å²) in [5.41, 5.74) is 1.51. The molecule has 0 unspecified atom stereocenters. The van der Waals surface area contributed by atoms with E-state index in [1.165, 1.54) is 17.0 Å². The number of amides is 2. The molecule has 0 aliphatic carbocycles. The lowest BCUT2D eigenvalue weighted by molar-refractivity contribution is -0.915. The summed E-state index contributed by atoms with van der Waals surface area (Å²) in [5.74, 6) is -0.590. The van der Waals surface area contributed by atoms with Crippen molar-refractivity contribution >= 4 is 34.8 Å². The van der Waals surface area contributed by atoms with Crippen LogP contribution in [0.15, 0.2) is 48.5 Å². The van der Waals surface area contributed by atoms with Crippen LogP contribution >= 0.6 is 11.6 Å². The number of quaternary nitrogens is 1. The number of hydrogen-bond donors (Lipinski definition) is 1. The number of piperazine rings is 1. The molecule has 2 saturated heterocycles. The van der Waals surface area contributed by atoms with Gasteiger partial charge >= 0.3 is 0 Å². The van der Waals surface area contributed by atoms with E-state index in [9.17, 15) is 14.0 Å². The number of benzene rings is 2. The highest BCUT2D eigenvalue weighted by Crippen LogP contribution is 2.25. The molecular weight excluding hydrogens is 369 g/mol. The number of nitrogens with zero attached hydrogens (tertiary/aromatic N) is 2. The molecule has 2 fully saturated rings. The monoisotopic (exact) mass is 388 g/mol. The summed E-state index contributed by atoms with van der Waals surface area (Å²) >= 11 is 6.00. The fourth-order valence-corrected chi connectivity index (χ4v) is 4.07. The molecule has 2 aromatic rings. The number of anilines is 2. The zero-order chi connectivity index (χ0) is 19.0. The van der Waals surface area contributed by atoms with Gasteiger partial charge in [-0.1, -0.05) is 17.7 Å². The minimum absolute atomic E-state index is 0.160. The first-order valence-corrected chi connectivity index (χ1v) is 9.38. The van der Waals surface area contributed by atoms with Gasteiger partial charge in [0.15, 0.2) is 6.04 Å². The van der Waals surface area contributed by atoms with Crippen molar-refractivity contribution in [3.8, 4) is 0 Å². The summed E-state index contributed by atoms with van der Waals surface area (Å²) in [6.07, 6.45) is 0.219. The molecule has 27 heavy (non-hydrogen) atoms. The SMILES string of the molecule is O=C1C[C@H]([NH+]2CCN(c3ccc(F)cc3)CC2)C(=O)N1c1cccc(Cl)c1. The highest BCUT2D eigenvalue weighted by Gasteiger charge is 2.46. The first kappa shape index (κ1) is 17.9. The van der Waals surface area contributed by atoms with Crippen LogP contribution in [0.1, 0.15) is 6.42 Å². The number of nitrogens with one attached hydrogen (secondary N) is 1. The van der Waals surface area contributed by atoms with Crippen LogP contribution in [0.3, 0.4) is 0 Å². The van der Waals surface area contributed by atoms with E-state index in [4.69, 9.17) is 11.6 Å². The molecule has 2 heterocycles. The standard InChI is InChI=1S/C20H19ClFN3O2/c21-14-2-1-3-17(12-14)25-19(26)13-18(20(25)27)24-10-8-23(9-11-24)16-6-4-15(22)5-7-16/h1-7,12,18H,8-11,13H2/p+1/t18-/m0/s1. The number of halogens is 2. The molecule has 2 aliphatic heterocycles. The third-order valence-electron chi connectivity index (χ3n) is 5.30. The van der Waals surface area contributed by atoms with Crippen LogP contribution in [0.5, 0.6) is 0 Å². The minimum Gasteiger partial charge on any atom is -0.360 e. The normalized spacial score (nSPS) is 21.2. The van der Waals surface area contributed by atoms with Crippen LogP contribution in [0.2, 0.25) is 5.02 Å². The Bertz CT molecular complexity index is 866. The first-order valence-electron chi connectivity index (χ1n) is 9.00. The van der Waals surface area contributed by atoms with Crippen molar-refractivity contribution in [2.75, 3.05) is 36.0 Å². The lowest BCUT2D eigenvalue weighted by Crippen LogP contribution is -3.19. The molecule has 0 radical (unpaired) electrons. The second-order valence-corrected chi connectivity index (χ2v) is 7.36. The van der Waals surface area contributed by atoms with Gasteiger partial charge in [-0.3, -0.25) is 9.59 Å². The lowest BCUT2D eigenvalue weighted by atomic mass is 10.1. The molecule has 2 aliphatic rings. The van der Waals surface area contributed by atoms with Crippen LogP contribution in [-0.2, 0) is 9.59 Å². The summed E-state index contributed by atoms with van der Waals surface area (Å²) in [4.78, 5) is 29.9. The Hall–Kier alpha value is -2.44. The van der Waals surface area contributed by atoms with Crippen molar-refractivity contribution in [2.24, 2.45) is 0 Å². The van der Waals surface area contributed by atoms with Crippen molar-refractivity contribution in [3.63, 3.8) is 0 Å². The quantitative estimate of drug-likeness (QED) is 0.811. The van der Waals surface area contributed by atoms with E-state index in [0.29, 0.717) is 10.7 Å². The van der Waals surface area contributed by atoms with Crippen molar-refractivity contribution in [2.45, 2.75) is 12.5 Å². The number of carbonyl (C=O) groups excluding carboxylic acids is 2. The Morgan fingerprint density at radius 3 is 2.37 bits per heavy atom. The summed E-state index contributed by atoms with van der Waals surface area (Å²) in [6, 6.07) is 12.9. The van der Waals surface area contributed by atoms with E-state index in [1.54, 1.807) is 36.4 Å². The van der Waals surface area contributed by atoms with Gasteiger partial charge < -0.3 is 9.80 Å². The Labute approximate surface area is 161 Å². The van der Waals surface area contributed by atoms with Crippen molar-refractivity contribution < 1.29 is 18.9 Å². The Morgan fingerprint density at radius 2 is 1.70 bits per heavy atom. The Kier molecular flexibility index (Phi) is 4.85. The van der Waals surface area contributed by atoms with Gasteiger partial charge in [0.25, 0.3) is 5.91 Å². The van der Waals surface area contributed by atoms with Gasteiger partial charge in [0.2, 0.25) is 5.91 Å². The van der Waals surface area contributed by atoms with Crippen LogP contribution in [-0.4, -0.2) is 44.0 Å². The molecule has 0 saturated carbocycles. The molecule has 0 aromatic heterocycles. The largest absolute Gasteiger partial charge is 0.360 e. The highest BCUT2D eigenvalue weighted by atomic mass is 35.5. The molecule has 140 valence electrons. The van der Waals surface area contributed by atoms with Crippen LogP contribution in [0.4, 0.5) is 15.8 Å². The fraction of sp³-hybridized carbons (Fsp3) is 0.300. The predicted octanol–water partition coefficient (Wildman–Crippen LogP) is 1.52. The highest BCUT2D eigenvalue weighted by molar-refractivity contribution is 6.31. The average Bonchev–Trinajstić information content (AvgIpc) is 2.97. The zero-order valence-corrected chi connectivity index (χ0v) is 15.5. The van der Waals surface area contributed by atoms with Gasteiger partial charge in [0, 0.05) is 10.7 Å². The molecular formula is C20H20ClFN3O2+.